The minimum atomic E-state index is 0.779. The molecule has 2 nitrogen and oxygen atoms in total. The maximum absolute atomic E-state index is 4.34. The number of nitrogens with zero attached hydrogens (tertiary/aromatic N) is 1. The van der Waals surface area contributed by atoms with Crippen molar-refractivity contribution in [1.29, 1.82) is 0 Å². The predicted molar refractivity (Wildman–Crippen MR) is 67.6 cm³/mol. The van der Waals surface area contributed by atoms with E-state index in [0.717, 1.165) is 17.6 Å². The van der Waals surface area contributed by atoms with Crippen LogP contribution in [0.1, 0.15) is 24.8 Å². The average molecular weight is 222 g/mol. The summed E-state index contributed by atoms with van der Waals surface area (Å²) in [5, 5.41) is 4.19. The zero-order chi connectivity index (χ0) is 10.5. The molecule has 0 aliphatic carbocycles. The fourth-order valence-corrected chi connectivity index (χ4v) is 3.00. The summed E-state index contributed by atoms with van der Waals surface area (Å²) in [5.74, 6) is 2.33. The molecular formula is C12H18N2S. The molecule has 2 rings (SSSR count). The third-order valence-electron chi connectivity index (χ3n) is 2.70. The van der Waals surface area contributed by atoms with Gasteiger partial charge in [0.1, 0.15) is 5.82 Å². The molecule has 0 aromatic carbocycles. The van der Waals surface area contributed by atoms with Gasteiger partial charge in [0.05, 0.1) is 0 Å². The van der Waals surface area contributed by atoms with E-state index in [1.54, 1.807) is 0 Å². The Kier molecular flexibility index (Phi) is 3.89. The topological polar surface area (TPSA) is 24.9 Å². The second-order valence-electron chi connectivity index (χ2n) is 4.09. The molecule has 2 heterocycles. The summed E-state index contributed by atoms with van der Waals surface area (Å²) in [4.78, 5) is 4.34. The first-order valence-electron chi connectivity index (χ1n) is 5.63. The molecule has 0 saturated carbocycles. The molecule has 1 unspecified atom stereocenters. The van der Waals surface area contributed by atoms with Crippen LogP contribution in [0.4, 0.5) is 5.82 Å². The Morgan fingerprint density at radius 3 is 3.07 bits per heavy atom. The van der Waals surface area contributed by atoms with Gasteiger partial charge in [-0.2, -0.15) is 11.8 Å². The molecule has 1 aromatic heterocycles. The van der Waals surface area contributed by atoms with Crippen molar-refractivity contribution >= 4 is 17.6 Å². The summed E-state index contributed by atoms with van der Waals surface area (Å²) < 4.78 is 0. The van der Waals surface area contributed by atoms with E-state index < -0.39 is 0 Å². The van der Waals surface area contributed by atoms with Gasteiger partial charge in [-0.25, -0.2) is 4.98 Å². The van der Waals surface area contributed by atoms with Gasteiger partial charge in [0.25, 0.3) is 0 Å². The molecule has 1 N–H and O–H groups in total. The van der Waals surface area contributed by atoms with Gasteiger partial charge in [0.15, 0.2) is 0 Å². The van der Waals surface area contributed by atoms with Crippen molar-refractivity contribution in [2.75, 3.05) is 17.6 Å². The van der Waals surface area contributed by atoms with E-state index in [1.165, 1.54) is 30.6 Å². The lowest BCUT2D eigenvalue weighted by Crippen LogP contribution is -2.20. The third-order valence-corrected chi connectivity index (χ3v) is 4.09. The summed E-state index contributed by atoms with van der Waals surface area (Å²) in [5.41, 5.74) is 1.22. The molecule has 0 spiro atoms. The van der Waals surface area contributed by atoms with Crippen molar-refractivity contribution in [3.63, 3.8) is 0 Å². The van der Waals surface area contributed by atoms with Crippen LogP contribution in [-0.4, -0.2) is 22.5 Å². The number of aryl methyl sites for hydroxylation is 1. The Bertz CT molecular complexity index is 291. The number of hydrogen-bond acceptors (Lipinski definition) is 3. The van der Waals surface area contributed by atoms with Crippen LogP contribution < -0.4 is 5.32 Å². The Morgan fingerprint density at radius 2 is 2.40 bits per heavy atom. The number of thioether (sulfide) groups is 1. The number of nitrogens with one attached hydrogen (secondary N) is 1. The molecule has 0 radical (unpaired) electrons. The molecule has 1 aliphatic rings. The zero-order valence-electron chi connectivity index (χ0n) is 9.20. The molecule has 1 fully saturated rings. The largest absolute Gasteiger partial charge is 0.369 e. The number of hydrogen-bond donors (Lipinski definition) is 1. The number of rotatable bonds is 3. The first-order valence-corrected chi connectivity index (χ1v) is 6.67. The van der Waals surface area contributed by atoms with E-state index in [0.29, 0.717) is 0 Å². The second-order valence-corrected chi connectivity index (χ2v) is 5.50. The van der Waals surface area contributed by atoms with E-state index in [1.807, 2.05) is 6.20 Å². The smallest absolute Gasteiger partial charge is 0.125 e. The van der Waals surface area contributed by atoms with Gasteiger partial charge in [-0.3, -0.25) is 0 Å². The van der Waals surface area contributed by atoms with Gasteiger partial charge >= 0.3 is 0 Å². The van der Waals surface area contributed by atoms with Gasteiger partial charge in [0.2, 0.25) is 0 Å². The van der Waals surface area contributed by atoms with E-state index in [2.05, 4.69) is 41.1 Å². The maximum atomic E-state index is 4.34. The number of anilines is 1. The molecule has 15 heavy (non-hydrogen) atoms. The van der Waals surface area contributed by atoms with Gasteiger partial charge in [-0.05, 0) is 37.1 Å². The predicted octanol–water partition coefficient (Wildman–Crippen LogP) is 3.09. The van der Waals surface area contributed by atoms with Crippen molar-refractivity contribution < 1.29 is 0 Å². The number of aromatic nitrogens is 1. The Labute approximate surface area is 95.9 Å². The minimum Gasteiger partial charge on any atom is -0.369 e. The summed E-state index contributed by atoms with van der Waals surface area (Å²) in [6.07, 6.45) is 6.05. The average Bonchev–Trinajstić information content (AvgIpc) is 2.30. The van der Waals surface area contributed by atoms with Gasteiger partial charge in [0, 0.05) is 18.0 Å². The molecule has 1 aliphatic heterocycles. The number of pyridine rings is 1. The highest BCUT2D eigenvalue weighted by Crippen LogP contribution is 2.24. The lowest BCUT2D eigenvalue weighted by atomic mass is 10.2. The van der Waals surface area contributed by atoms with Crippen LogP contribution in [0.5, 0.6) is 0 Å². The van der Waals surface area contributed by atoms with Crippen LogP contribution in [0.2, 0.25) is 0 Å². The van der Waals surface area contributed by atoms with Crippen molar-refractivity contribution in [2.24, 2.45) is 0 Å². The normalized spacial score (nSPS) is 21.3. The van der Waals surface area contributed by atoms with Crippen molar-refractivity contribution in [3.05, 3.63) is 23.9 Å². The van der Waals surface area contributed by atoms with E-state index in [-0.39, 0.29) is 0 Å². The van der Waals surface area contributed by atoms with Crippen LogP contribution >= 0.6 is 11.8 Å². The van der Waals surface area contributed by atoms with Gasteiger partial charge in [-0.15, -0.1) is 0 Å². The second kappa shape index (κ2) is 5.40. The third kappa shape index (κ3) is 3.42. The lowest BCUT2D eigenvalue weighted by Gasteiger charge is -2.21. The highest BCUT2D eigenvalue weighted by Gasteiger charge is 2.13. The monoisotopic (exact) mass is 222 g/mol. The maximum Gasteiger partial charge on any atom is 0.125 e. The van der Waals surface area contributed by atoms with E-state index >= 15 is 0 Å². The van der Waals surface area contributed by atoms with Crippen LogP contribution in [-0.2, 0) is 0 Å². The Hall–Kier alpha value is -0.700. The summed E-state index contributed by atoms with van der Waals surface area (Å²) in [6, 6.07) is 4.16. The Morgan fingerprint density at radius 1 is 1.47 bits per heavy atom. The molecule has 82 valence electrons. The summed E-state index contributed by atoms with van der Waals surface area (Å²) in [7, 11) is 0. The Balaban J connectivity index is 1.79. The van der Waals surface area contributed by atoms with E-state index in [4.69, 9.17) is 0 Å². The van der Waals surface area contributed by atoms with Crippen molar-refractivity contribution in [1.82, 2.24) is 4.98 Å². The lowest BCUT2D eigenvalue weighted by molar-refractivity contribution is 0.677. The highest BCUT2D eigenvalue weighted by atomic mass is 32.2. The first-order chi connectivity index (χ1) is 7.34. The van der Waals surface area contributed by atoms with Gasteiger partial charge in [-0.1, -0.05) is 12.5 Å². The molecular weight excluding hydrogens is 204 g/mol. The quantitative estimate of drug-likeness (QED) is 0.850. The van der Waals surface area contributed by atoms with E-state index in [9.17, 15) is 0 Å². The minimum absolute atomic E-state index is 0.779. The first kappa shape index (κ1) is 10.8. The van der Waals surface area contributed by atoms with Crippen LogP contribution in [0.15, 0.2) is 18.3 Å². The SMILES string of the molecule is Cc1ccc(NCC2CCCCS2)nc1. The van der Waals surface area contributed by atoms with Crippen LogP contribution in [0.3, 0.4) is 0 Å². The fourth-order valence-electron chi connectivity index (χ4n) is 1.76. The fraction of sp³-hybridized carbons (Fsp3) is 0.583. The molecule has 1 saturated heterocycles. The zero-order valence-corrected chi connectivity index (χ0v) is 10.0. The van der Waals surface area contributed by atoms with Crippen LogP contribution in [0, 0.1) is 6.92 Å². The molecule has 0 amide bonds. The van der Waals surface area contributed by atoms with Gasteiger partial charge < -0.3 is 5.32 Å². The molecule has 1 atom stereocenters. The summed E-state index contributed by atoms with van der Waals surface area (Å²) in [6.45, 7) is 3.12. The summed E-state index contributed by atoms with van der Waals surface area (Å²) >= 11 is 2.10. The molecule has 1 aromatic rings. The highest BCUT2D eigenvalue weighted by molar-refractivity contribution is 7.99. The van der Waals surface area contributed by atoms with Crippen molar-refractivity contribution in [3.8, 4) is 0 Å². The van der Waals surface area contributed by atoms with Crippen molar-refractivity contribution in [2.45, 2.75) is 31.4 Å². The van der Waals surface area contributed by atoms with Crippen LogP contribution in [0.25, 0.3) is 0 Å². The standard InChI is InChI=1S/C12H18N2S/c1-10-5-6-12(13-8-10)14-9-11-4-2-3-7-15-11/h5-6,8,11H,2-4,7,9H2,1H3,(H,13,14). The molecule has 0 bridgehead atoms. The molecule has 3 heteroatoms.